The molecule has 0 saturated heterocycles. The number of fused-ring (bicyclic) bond motifs is 1. The van der Waals surface area contributed by atoms with Crippen LogP contribution in [0.4, 0.5) is 13.2 Å². The summed E-state index contributed by atoms with van der Waals surface area (Å²) in [4.78, 5) is 11.0. The van der Waals surface area contributed by atoms with Crippen molar-refractivity contribution in [2.45, 2.75) is 12.0 Å². The van der Waals surface area contributed by atoms with Crippen molar-refractivity contribution in [3.8, 4) is 5.75 Å². The number of ether oxygens (including phenoxy) is 1. The first-order valence-electron chi connectivity index (χ1n) is 5.30. The van der Waals surface area contributed by atoms with Crippen LogP contribution in [0.3, 0.4) is 0 Å². The number of benzene rings is 1. The van der Waals surface area contributed by atoms with Gasteiger partial charge in [0.15, 0.2) is 12.8 Å². The van der Waals surface area contributed by atoms with Crippen LogP contribution in [-0.2, 0) is 4.79 Å². The van der Waals surface area contributed by atoms with Gasteiger partial charge in [-0.25, -0.2) is 9.18 Å². The third-order valence-corrected chi connectivity index (χ3v) is 3.42. The third-order valence-electron chi connectivity index (χ3n) is 2.70. The minimum Gasteiger partial charge on any atom is -0.478 e. The van der Waals surface area contributed by atoms with Crippen LogP contribution in [-0.4, -0.2) is 29.8 Å². The molecule has 0 bridgehead atoms. The summed E-state index contributed by atoms with van der Waals surface area (Å²) < 4.78 is 44.2. The van der Waals surface area contributed by atoms with E-state index in [1.54, 1.807) is 0 Å². The summed E-state index contributed by atoms with van der Waals surface area (Å²) in [6.45, 7) is -2.04. The van der Waals surface area contributed by atoms with E-state index >= 15 is 0 Å². The summed E-state index contributed by atoms with van der Waals surface area (Å²) in [5.74, 6) is -5.67. The predicted molar refractivity (Wildman–Crippen MR) is 67.4 cm³/mol. The van der Waals surface area contributed by atoms with Gasteiger partial charge in [0.05, 0.1) is 15.6 Å². The molecular formula is C12H7Cl2F3O3. The maximum atomic E-state index is 13.5. The maximum absolute atomic E-state index is 13.5. The van der Waals surface area contributed by atoms with E-state index in [9.17, 15) is 18.0 Å². The Kier molecular flexibility index (Phi) is 3.88. The second kappa shape index (κ2) is 5.18. The summed E-state index contributed by atoms with van der Waals surface area (Å²) >= 11 is 11.5. The molecule has 1 aromatic carbocycles. The molecule has 0 saturated carbocycles. The molecule has 0 amide bonds. The third kappa shape index (κ3) is 2.58. The standard InChI is InChI=1S/C12H7Cl2F3O3/c13-7-2-5-1-6(11(18)19)10(12(16,17)4-15)20-9(5)3-8(7)14/h1-3,10H,4H2,(H,18,19). The number of rotatable bonds is 3. The molecule has 20 heavy (non-hydrogen) atoms. The maximum Gasteiger partial charge on any atom is 0.335 e. The van der Waals surface area contributed by atoms with E-state index in [0.29, 0.717) is 0 Å². The fourth-order valence-corrected chi connectivity index (χ4v) is 2.08. The number of hydrogen-bond donors (Lipinski definition) is 1. The average molecular weight is 327 g/mol. The normalized spacial score (nSPS) is 18.1. The largest absolute Gasteiger partial charge is 0.478 e. The van der Waals surface area contributed by atoms with Crippen LogP contribution >= 0.6 is 23.2 Å². The summed E-state index contributed by atoms with van der Waals surface area (Å²) in [6.07, 6.45) is -1.26. The topological polar surface area (TPSA) is 46.5 Å². The Morgan fingerprint density at radius 1 is 1.35 bits per heavy atom. The molecule has 108 valence electrons. The smallest absolute Gasteiger partial charge is 0.335 e. The zero-order chi connectivity index (χ0) is 15.1. The van der Waals surface area contributed by atoms with Crippen molar-refractivity contribution in [3.05, 3.63) is 33.3 Å². The van der Waals surface area contributed by atoms with Crippen LogP contribution in [0, 0.1) is 0 Å². The molecule has 1 atom stereocenters. The van der Waals surface area contributed by atoms with Crippen molar-refractivity contribution in [1.29, 1.82) is 0 Å². The van der Waals surface area contributed by atoms with Crippen molar-refractivity contribution >= 4 is 35.2 Å². The van der Waals surface area contributed by atoms with Crippen molar-refractivity contribution in [2.24, 2.45) is 0 Å². The Hall–Kier alpha value is -1.40. The van der Waals surface area contributed by atoms with Gasteiger partial charge in [0.2, 0.25) is 0 Å². The summed E-state index contributed by atoms with van der Waals surface area (Å²) in [5.41, 5.74) is -0.568. The lowest BCUT2D eigenvalue weighted by atomic mass is 9.98. The molecule has 0 aliphatic carbocycles. The molecular weight excluding hydrogens is 320 g/mol. The van der Waals surface area contributed by atoms with Gasteiger partial charge in [0.1, 0.15) is 5.75 Å². The first-order chi connectivity index (χ1) is 9.26. The zero-order valence-corrected chi connectivity index (χ0v) is 11.2. The number of aliphatic carboxylic acids is 1. The number of hydrogen-bond acceptors (Lipinski definition) is 2. The van der Waals surface area contributed by atoms with E-state index in [4.69, 9.17) is 33.0 Å². The Morgan fingerprint density at radius 3 is 2.50 bits per heavy atom. The fourth-order valence-electron chi connectivity index (χ4n) is 1.75. The fraction of sp³-hybridized carbons (Fsp3) is 0.250. The number of carboxylic acids is 1. The molecule has 2 rings (SSSR count). The summed E-state index contributed by atoms with van der Waals surface area (Å²) in [7, 11) is 0. The molecule has 1 aromatic rings. The van der Waals surface area contributed by atoms with Crippen LogP contribution in [0.2, 0.25) is 10.0 Å². The van der Waals surface area contributed by atoms with Crippen molar-refractivity contribution in [2.75, 3.05) is 6.67 Å². The average Bonchev–Trinajstić information content (AvgIpc) is 2.38. The minimum atomic E-state index is -3.96. The molecule has 1 aliphatic rings. The monoisotopic (exact) mass is 326 g/mol. The molecule has 1 N–H and O–H groups in total. The Labute approximate surface area is 121 Å². The lowest BCUT2D eigenvalue weighted by Gasteiger charge is -2.30. The van der Waals surface area contributed by atoms with E-state index in [1.165, 1.54) is 12.1 Å². The van der Waals surface area contributed by atoms with Gasteiger partial charge in [-0.2, -0.15) is 8.78 Å². The zero-order valence-electron chi connectivity index (χ0n) is 9.67. The first kappa shape index (κ1) is 15.0. The lowest BCUT2D eigenvalue weighted by Crippen LogP contribution is -2.44. The molecule has 1 heterocycles. The van der Waals surface area contributed by atoms with Gasteiger partial charge in [0, 0.05) is 11.6 Å². The van der Waals surface area contributed by atoms with E-state index in [-0.39, 0.29) is 21.4 Å². The van der Waals surface area contributed by atoms with Gasteiger partial charge < -0.3 is 9.84 Å². The van der Waals surface area contributed by atoms with Crippen molar-refractivity contribution < 1.29 is 27.8 Å². The number of carbonyl (C=O) groups is 1. The lowest BCUT2D eigenvalue weighted by molar-refractivity contribution is -0.139. The quantitative estimate of drug-likeness (QED) is 0.918. The Bertz CT molecular complexity index is 602. The molecule has 0 radical (unpaired) electrons. The van der Waals surface area contributed by atoms with Crippen LogP contribution < -0.4 is 4.74 Å². The molecule has 1 aliphatic heterocycles. The second-order valence-corrected chi connectivity index (χ2v) is 4.92. The highest BCUT2D eigenvalue weighted by Crippen LogP contribution is 2.40. The van der Waals surface area contributed by atoms with E-state index in [0.717, 1.165) is 6.08 Å². The number of alkyl halides is 3. The van der Waals surface area contributed by atoms with Crippen molar-refractivity contribution in [3.63, 3.8) is 0 Å². The van der Waals surface area contributed by atoms with Gasteiger partial charge in [-0.05, 0) is 12.1 Å². The second-order valence-electron chi connectivity index (χ2n) is 4.10. The Balaban J connectivity index is 2.56. The van der Waals surface area contributed by atoms with Crippen LogP contribution in [0.5, 0.6) is 5.75 Å². The van der Waals surface area contributed by atoms with Crippen LogP contribution in [0.1, 0.15) is 5.56 Å². The predicted octanol–water partition coefficient (Wildman–Crippen LogP) is 3.83. The minimum absolute atomic E-state index is 0.0555. The SMILES string of the molecule is O=C(O)C1=Cc2cc(Cl)c(Cl)cc2OC1C(F)(F)CF. The van der Waals surface area contributed by atoms with E-state index in [1.807, 2.05) is 0 Å². The molecule has 0 spiro atoms. The Morgan fingerprint density at radius 2 is 1.95 bits per heavy atom. The highest BCUT2D eigenvalue weighted by Gasteiger charge is 2.48. The van der Waals surface area contributed by atoms with E-state index in [2.05, 4.69) is 0 Å². The molecule has 8 heteroatoms. The first-order valence-corrected chi connectivity index (χ1v) is 6.06. The van der Waals surface area contributed by atoms with E-state index < -0.39 is 30.2 Å². The summed E-state index contributed by atoms with van der Waals surface area (Å²) in [5, 5.41) is 9.13. The van der Waals surface area contributed by atoms with Gasteiger partial charge in [-0.1, -0.05) is 23.2 Å². The van der Waals surface area contributed by atoms with Crippen LogP contribution in [0.15, 0.2) is 17.7 Å². The molecule has 3 nitrogen and oxygen atoms in total. The summed E-state index contributed by atoms with van der Waals surface area (Å²) in [6, 6.07) is 2.46. The number of carboxylic acid groups (broad SMARTS) is 1. The molecule has 0 fully saturated rings. The van der Waals surface area contributed by atoms with Gasteiger partial charge in [-0.15, -0.1) is 0 Å². The van der Waals surface area contributed by atoms with Crippen molar-refractivity contribution in [1.82, 2.24) is 0 Å². The molecule has 0 aromatic heterocycles. The molecule has 1 unspecified atom stereocenters. The van der Waals surface area contributed by atoms with Crippen LogP contribution in [0.25, 0.3) is 6.08 Å². The van der Waals surface area contributed by atoms with Gasteiger partial charge >= 0.3 is 11.9 Å². The van der Waals surface area contributed by atoms with Gasteiger partial charge in [0.25, 0.3) is 0 Å². The highest BCUT2D eigenvalue weighted by atomic mass is 35.5. The van der Waals surface area contributed by atoms with Gasteiger partial charge in [-0.3, -0.25) is 0 Å². The highest BCUT2D eigenvalue weighted by molar-refractivity contribution is 6.42. The number of halogens is 5.